The quantitative estimate of drug-likeness (QED) is 0.937. The number of halogens is 1. The van der Waals surface area contributed by atoms with Gasteiger partial charge in [0.05, 0.1) is 0 Å². The molecule has 1 aliphatic heterocycles. The number of nitrogens with zero attached hydrogens (tertiary/aromatic N) is 1. The average Bonchev–Trinajstić information content (AvgIpc) is 3.02. The third kappa shape index (κ3) is 2.91. The van der Waals surface area contributed by atoms with Gasteiger partial charge in [-0.15, -0.1) is 0 Å². The molecule has 1 heterocycles. The molecule has 0 aliphatic carbocycles. The van der Waals surface area contributed by atoms with Crippen molar-refractivity contribution < 1.29 is 14.0 Å². The minimum absolute atomic E-state index is 0.200. The molecule has 21 heavy (non-hydrogen) atoms. The molecule has 2 aromatic rings. The van der Waals surface area contributed by atoms with Gasteiger partial charge in [0.1, 0.15) is 5.82 Å². The maximum atomic E-state index is 13.2. The number of oxime groups is 1. The fourth-order valence-electron chi connectivity index (χ4n) is 2.20. The lowest BCUT2D eigenvalue weighted by atomic mass is 10.0. The van der Waals surface area contributed by atoms with Gasteiger partial charge in [0, 0.05) is 29.4 Å². The first-order valence-electron chi connectivity index (χ1n) is 6.57. The summed E-state index contributed by atoms with van der Waals surface area (Å²) >= 11 is 0. The van der Waals surface area contributed by atoms with Gasteiger partial charge in [0.25, 0.3) is 5.91 Å². The maximum absolute atomic E-state index is 13.2. The molecule has 0 fully saturated rings. The number of amides is 1. The highest BCUT2D eigenvalue weighted by molar-refractivity contribution is 6.04. The molecule has 0 radical (unpaired) electrons. The molecule has 0 spiro atoms. The molecule has 1 atom stereocenters. The van der Waals surface area contributed by atoms with Gasteiger partial charge < -0.3 is 10.2 Å². The Kier molecular flexibility index (Phi) is 3.64. The average molecular weight is 284 g/mol. The van der Waals surface area contributed by atoms with Gasteiger partial charge in [-0.2, -0.15) is 0 Å². The number of carbonyl (C=O) groups excluding carboxylic acids is 1. The normalized spacial score (nSPS) is 16.5. The number of benzene rings is 2. The molecule has 1 aliphatic rings. The van der Waals surface area contributed by atoms with Gasteiger partial charge in [-0.05, 0) is 24.3 Å². The summed E-state index contributed by atoms with van der Waals surface area (Å²) in [6.07, 6.45) is 2.15. The molecule has 5 heteroatoms. The van der Waals surface area contributed by atoms with Crippen LogP contribution < -0.4 is 5.32 Å². The molecule has 0 saturated carbocycles. The molecule has 0 unspecified atom stereocenters. The van der Waals surface area contributed by atoms with Crippen molar-refractivity contribution in [3.8, 4) is 0 Å². The Hall–Kier alpha value is -2.69. The molecule has 1 N–H and O–H groups in total. The molecule has 1 amide bonds. The summed E-state index contributed by atoms with van der Waals surface area (Å²) in [5, 5.41) is 6.53. The van der Waals surface area contributed by atoms with Gasteiger partial charge in [0.15, 0.2) is 6.10 Å². The lowest BCUT2D eigenvalue weighted by molar-refractivity contribution is 0.0861. The van der Waals surface area contributed by atoms with Crippen molar-refractivity contribution in [2.45, 2.75) is 12.5 Å². The number of hydrogen-bond acceptors (Lipinski definition) is 3. The van der Waals surface area contributed by atoms with Crippen LogP contribution in [0.25, 0.3) is 0 Å². The van der Waals surface area contributed by atoms with E-state index in [0.29, 0.717) is 12.1 Å². The highest BCUT2D eigenvalue weighted by atomic mass is 19.1. The number of hydrogen-bond donors (Lipinski definition) is 1. The van der Waals surface area contributed by atoms with Crippen molar-refractivity contribution in [3.63, 3.8) is 0 Å². The van der Waals surface area contributed by atoms with Crippen LogP contribution in [-0.4, -0.2) is 12.1 Å². The Bertz CT molecular complexity index is 692. The van der Waals surface area contributed by atoms with E-state index in [4.69, 9.17) is 4.84 Å². The molecule has 3 rings (SSSR count). The van der Waals surface area contributed by atoms with E-state index in [0.717, 1.165) is 5.56 Å². The SMILES string of the molecule is O=C(Nc1ccccc1[C@H]1CC=NO1)c1cccc(F)c1. The Morgan fingerprint density at radius 2 is 2.10 bits per heavy atom. The topological polar surface area (TPSA) is 50.7 Å². The fourth-order valence-corrected chi connectivity index (χ4v) is 2.20. The number of anilines is 1. The molecule has 4 nitrogen and oxygen atoms in total. The standard InChI is InChI=1S/C16H13FN2O2/c17-12-5-3-4-11(10-12)16(20)19-14-7-2-1-6-13(14)15-8-9-18-21-15/h1-7,9-10,15H,8H2,(H,19,20)/t15-/m1/s1. The molecular formula is C16H13FN2O2. The van der Waals surface area contributed by atoms with Crippen molar-refractivity contribution >= 4 is 17.8 Å². The predicted molar refractivity (Wildman–Crippen MR) is 77.7 cm³/mol. The second-order valence-corrected chi connectivity index (χ2v) is 4.67. The van der Waals surface area contributed by atoms with E-state index in [1.165, 1.54) is 18.2 Å². The first kappa shape index (κ1) is 13.3. The predicted octanol–water partition coefficient (Wildman–Crippen LogP) is 3.53. The van der Waals surface area contributed by atoms with Gasteiger partial charge in [-0.1, -0.05) is 29.4 Å². The zero-order chi connectivity index (χ0) is 14.7. The molecule has 106 valence electrons. The Morgan fingerprint density at radius 1 is 1.24 bits per heavy atom. The molecule has 0 bridgehead atoms. The summed E-state index contributed by atoms with van der Waals surface area (Å²) in [4.78, 5) is 17.4. The largest absolute Gasteiger partial charge is 0.387 e. The van der Waals surface area contributed by atoms with E-state index in [1.54, 1.807) is 18.3 Å². The van der Waals surface area contributed by atoms with E-state index >= 15 is 0 Å². The summed E-state index contributed by atoms with van der Waals surface area (Å²) in [7, 11) is 0. The first-order chi connectivity index (χ1) is 10.2. The van der Waals surface area contributed by atoms with Crippen molar-refractivity contribution in [2.75, 3.05) is 5.32 Å². The fraction of sp³-hybridized carbons (Fsp3) is 0.125. The van der Waals surface area contributed by atoms with E-state index in [1.807, 2.05) is 18.2 Å². The van der Waals surface area contributed by atoms with Crippen LogP contribution in [0.15, 0.2) is 53.7 Å². The zero-order valence-electron chi connectivity index (χ0n) is 11.1. The third-order valence-electron chi connectivity index (χ3n) is 3.22. The van der Waals surface area contributed by atoms with Gasteiger partial charge in [0.2, 0.25) is 0 Å². The summed E-state index contributed by atoms with van der Waals surface area (Å²) in [6.45, 7) is 0. The van der Waals surface area contributed by atoms with Crippen molar-refractivity contribution in [1.29, 1.82) is 0 Å². The van der Waals surface area contributed by atoms with E-state index < -0.39 is 5.82 Å². The van der Waals surface area contributed by atoms with Crippen LogP contribution in [0.4, 0.5) is 10.1 Å². The number of rotatable bonds is 3. The Labute approximate surface area is 121 Å². The van der Waals surface area contributed by atoms with Gasteiger partial charge in [-0.3, -0.25) is 4.79 Å². The van der Waals surface area contributed by atoms with Crippen molar-refractivity contribution in [2.24, 2.45) is 5.16 Å². The molecule has 2 aromatic carbocycles. The highest BCUT2D eigenvalue weighted by Gasteiger charge is 2.20. The van der Waals surface area contributed by atoms with Crippen LogP contribution in [0.1, 0.15) is 28.4 Å². The molecular weight excluding hydrogens is 271 g/mol. The number of nitrogens with one attached hydrogen (secondary N) is 1. The van der Waals surface area contributed by atoms with E-state index in [2.05, 4.69) is 10.5 Å². The van der Waals surface area contributed by atoms with Gasteiger partial charge in [-0.25, -0.2) is 4.39 Å². The monoisotopic (exact) mass is 284 g/mol. The van der Waals surface area contributed by atoms with Crippen LogP contribution in [0.3, 0.4) is 0 Å². The summed E-state index contributed by atoms with van der Waals surface area (Å²) in [5.41, 5.74) is 1.76. The van der Waals surface area contributed by atoms with Crippen LogP contribution in [0, 0.1) is 5.82 Å². The van der Waals surface area contributed by atoms with Crippen LogP contribution in [-0.2, 0) is 4.84 Å². The lowest BCUT2D eigenvalue weighted by Gasteiger charge is -2.14. The molecule has 0 aromatic heterocycles. The minimum Gasteiger partial charge on any atom is -0.387 e. The summed E-state index contributed by atoms with van der Waals surface area (Å²) in [6, 6.07) is 12.9. The minimum atomic E-state index is -0.441. The van der Waals surface area contributed by atoms with Crippen LogP contribution in [0.5, 0.6) is 0 Å². The third-order valence-corrected chi connectivity index (χ3v) is 3.22. The second-order valence-electron chi connectivity index (χ2n) is 4.67. The lowest BCUT2D eigenvalue weighted by Crippen LogP contribution is -2.14. The zero-order valence-corrected chi connectivity index (χ0v) is 11.1. The van der Waals surface area contributed by atoms with Crippen LogP contribution in [0.2, 0.25) is 0 Å². The number of carbonyl (C=O) groups is 1. The van der Waals surface area contributed by atoms with E-state index in [-0.39, 0.29) is 17.6 Å². The van der Waals surface area contributed by atoms with E-state index in [9.17, 15) is 9.18 Å². The summed E-state index contributed by atoms with van der Waals surface area (Å²) < 4.78 is 13.2. The van der Waals surface area contributed by atoms with Crippen LogP contribution >= 0.6 is 0 Å². The van der Waals surface area contributed by atoms with Gasteiger partial charge >= 0.3 is 0 Å². The van der Waals surface area contributed by atoms with Crippen molar-refractivity contribution in [1.82, 2.24) is 0 Å². The smallest absolute Gasteiger partial charge is 0.255 e. The summed E-state index contributed by atoms with van der Waals surface area (Å²) in [5.74, 6) is -0.802. The first-order valence-corrected chi connectivity index (χ1v) is 6.57. The number of para-hydroxylation sites is 1. The van der Waals surface area contributed by atoms with Crippen molar-refractivity contribution in [3.05, 3.63) is 65.5 Å². The highest BCUT2D eigenvalue weighted by Crippen LogP contribution is 2.30. The second kappa shape index (κ2) is 5.75. The maximum Gasteiger partial charge on any atom is 0.255 e. The Balaban J connectivity index is 1.83. The Morgan fingerprint density at radius 3 is 2.86 bits per heavy atom. The molecule has 0 saturated heterocycles.